The predicted octanol–water partition coefficient (Wildman–Crippen LogP) is 1.70. The van der Waals surface area contributed by atoms with Gasteiger partial charge in [0, 0.05) is 24.6 Å². The van der Waals surface area contributed by atoms with Gasteiger partial charge in [-0.25, -0.2) is 0 Å². The second-order valence-electron chi connectivity index (χ2n) is 5.23. The predicted molar refractivity (Wildman–Crippen MR) is 71.5 cm³/mol. The molecule has 0 aromatic carbocycles. The monoisotopic (exact) mass is 271 g/mol. The van der Waals surface area contributed by atoms with Crippen molar-refractivity contribution in [1.29, 1.82) is 0 Å². The number of carbonyl (C=O) groups is 2. The Morgan fingerprint density at radius 2 is 1.83 bits per heavy atom. The first-order chi connectivity index (χ1) is 8.63. The lowest BCUT2D eigenvalue weighted by Crippen LogP contribution is -2.43. The number of carbonyl (C=O) groups excluding carboxylic acids is 1. The lowest BCUT2D eigenvalue weighted by Gasteiger charge is -2.30. The number of carboxylic acids is 1. The molecule has 2 rings (SSSR count). The fourth-order valence-corrected chi connectivity index (χ4v) is 3.94. The maximum Gasteiger partial charge on any atom is 0.307 e. The van der Waals surface area contributed by atoms with Crippen LogP contribution in [-0.2, 0) is 9.59 Å². The summed E-state index contributed by atoms with van der Waals surface area (Å²) < 4.78 is 0. The van der Waals surface area contributed by atoms with E-state index in [0.717, 1.165) is 37.4 Å². The minimum absolute atomic E-state index is 0.0821. The smallest absolute Gasteiger partial charge is 0.307 e. The van der Waals surface area contributed by atoms with E-state index in [9.17, 15) is 14.7 Å². The third-order valence-electron chi connectivity index (χ3n) is 4.19. The molecule has 3 atom stereocenters. The molecule has 1 aliphatic heterocycles. The number of rotatable bonds is 3. The molecule has 4 nitrogen and oxygen atoms in total. The second kappa shape index (κ2) is 5.95. The van der Waals surface area contributed by atoms with Crippen LogP contribution in [0.1, 0.15) is 26.2 Å². The summed E-state index contributed by atoms with van der Waals surface area (Å²) in [5, 5.41) is 9.27. The molecular weight excluding hydrogens is 250 g/mol. The van der Waals surface area contributed by atoms with Crippen LogP contribution in [0.5, 0.6) is 0 Å². The van der Waals surface area contributed by atoms with Gasteiger partial charge in [0.2, 0.25) is 5.91 Å². The summed E-state index contributed by atoms with van der Waals surface area (Å²) >= 11 is 1.86. The highest BCUT2D eigenvalue weighted by molar-refractivity contribution is 7.99. The van der Waals surface area contributed by atoms with Crippen LogP contribution in [0.3, 0.4) is 0 Å². The summed E-state index contributed by atoms with van der Waals surface area (Å²) in [6, 6.07) is 0. The number of hydrogen-bond acceptors (Lipinski definition) is 3. The molecule has 1 saturated carbocycles. The van der Waals surface area contributed by atoms with E-state index in [4.69, 9.17) is 0 Å². The van der Waals surface area contributed by atoms with E-state index in [2.05, 4.69) is 6.92 Å². The number of hydrogen-bond donors (Lipinski definition) is 1. The highest BCUT2D eigenvalue weighted by Gasteiger charge is 2.43. The molecule has 1 amide bonds. The summed E-state index contributed by atoms with van der Waals surface area (Å²) in [7, 11) is 0. The SMILES string of the molecule is CCC1CC(C(=O)O)C(C(=O)N2CCSCC2)C1. The molecule has 1 aliphatic carbocycles. The van der Waals surface area contributed by atoms with Crippen LogP contribution in [0.25, 0.3) is 0 Å². The van der Waals surface area contributed by atoms with Crippen LogP contribution in [0, 0.1) is 17.8 Å². The van der Waals surface area contributed by atoms with Crippen LogP contribution in [0.2, 0.25) is 0 Å². The van der Waals surface area contributed by atoms with Gasteiger partial charge < -0.3 is 10.0 Å². The van der Waals surface area contributed by atoms with Crippen molar-refractivity contribution in [3.8, 4) is 0 Å². The molecule has 1 saturated heterocycles. The van der Waals surface area contributed by atoms with Crippen molar-refractivity contribution in [1.82, 2.24) is 4.90 Å². The molecule has 18 heavy (non-hydrogen) atoms. The standard InChI is InChI=1S/C13H21NO3S/c1-2-9-7-10(11(8-9)13(16)17)12(15)14-3-5-18-6-4-14/h9-11H,2-8H2,1H3,(H,16,17). The third kappa shape index (κ3) is 2.82. The van der Waals surface area contributed by atoms with E-state index >= 15 is 0 Å². The van der Waals surface area contributed by atoms with E-state index in [-0.39, 0.29) is 11.8 Å². The molecule has 2 aliphatic rings. The Morgan fingerprint density at radius 3 is 2.39 bits per heavy atom. The van der Waals surface area contributed by atoms with Crippen LogP contribution in [-0.4, -0.2) is 46.5 Å². The van der Waals surface area contributed by atoms with Gasteiger partial charge >= 0.3 is 5.97 Å². The van der Waals surface area contributed by atoms with E-state index in [1.54, 1.807) is 0 Å². The van der Waals surface area contributed by atoms with Crippen molar-refractivity contribution >= 4 is 23.6 Å². The Bertz CT molecular complexity index is 328. The second-order valence-corrected chi connectivity index (χ2v) is 6.46. The minimum Gasteiger partial charge on any atom is -0.481 e. The molecule has 0 aromatic rings. The van der Waals surface area contributed by atoms with Crippen molar-refractivity contribution in [2.24, 2.45) is 17.8 Å². The van der Waals surface area contributed by atoms with E-state index in [1.807, 2.05) is 16.7 Å². The molecule has 3 unspecified atom stereocenters. The average molecular weight is 271 g/mol. The Labute approximate surface area is 112 Å². The molecular formula is C13H21NO3S. The van der Waals surface area contributed by atoms with Crippen molar-refractivity contribution in [3.63, 3.8) is 0 Å². The molecule has 0 aromatic heterocycles. The number of amides is 1. The molecule has 0 bridgehead atoms. The normalized spacial score (nSPS) is 32.5. The van der Waals surface area contributed by atoms with Crippen molar-refractivity contribution in [3.05, 3.63) is 0 Å². The molecule has 2 fully saturated rings. The van der Waals surface area contributed by atoms with Gasteiger partial charge in [-0.2, -0.15) is 11.8 Å². The summed E-state index contributed by atoms with van der Waals surface area (Å²) in [6.07, 6.45) is 2.41. The summed E-state index contributed by atoms with van der Waals surface area (Å²) in [5.41, 5.74) is 0. The van der Waals surface area contributed by atoms with Gasteiger partial charge in [0.05, 0.1) is 11.8 Å². The van der Waals surface area contributed by atoms with Gasteiger partial charge in [0.15, 0.2) is 0 Å². The molecule has 0 radical (unpaired) electrons. The molecule has 5 heteroatoms. The molecule has 1 N–H and O–H groups in total. The third-order valence-corrected chi connectivity index (χ3v) is 5.14. The molecule has 1 heterocycles. The summed E-state index contributed by atoms with van der Waals surface area (Å²) in [4.78, 5) is 25.6. The fraction of sp³-hybridized carbons (Fsp3) is 0.846. The summed E-state index contributed by atoms with van der Waals surface area (Å²) in [5.74, 6) is 0.905. The lowest BCUT2D eigenvalue weighted by molar-refractivity contribution is -0.149. The number of thioether (sulfide) groups is 1. The van der Waals surface area contributed by atoms with Crippen LogP contribution in [0.15, 0.2) is 0 Å². The topological polar surface area (TPSA) is 57.6 Å². The summed E-state index contributed by atoms with van der Waals surface area (Å²) in [6.45, 7) is 3.64. The van der Waals surface area contributed by atoms with Crippen LogP contribution < -0.4 is 0 Å². The first-order valence-corrected chi connectivity index (χ1v) is 7.88. The quantitative estimate of drug-likeness (QED) is 0.849. The van der Waals surface area contributed by atoms with Gasteiger partial charge in [-0.15, -0.1) is 0 Å². The van der Waals surface area contributed by atoms with E-state index < -0.39 is 11.9 Å². The van der Waals surface area contributed by atoms with Crippen molar-refractivity contribution in [2.45, 2.75) is 26.2 Å². The van der Waals surface area contributed by atoms with E-state index in [0.29, 0.717) is 12.3 Å². The zero-order chi connectivity index (χ0) is 13.1. The molecule has 102 valence electrons. The zero-order valence-corrected chi connectivity index (χ0v) is 11.6. The highest BCUT2D eigenvalue weighted by atomic mass is 32.2. The van der Waals surface area contributed by atoms with E-state index in [1.165, 1.54) is 0 Å². The first-order valence-electron chi connectivity index (χ1n) is 6.72. The Balaban J connectivity index is 2.04. The van der Waals surface area contributed by atoms with Gasteiger partial charge in [-0.05, 0) is 18.8 Å². The lowest BCUT2D eigenvalue weighted by atomic mass is 9.94. The maximum absolute atomic E-state index is 12.4. The van der Waals surface area contributed by atoms with Gasteiger partial charge in [-0.1, -0.05) is 13.3 Å². The van der Waals surface area contributed by atoms with Gasteiger partial charge in [0.1, 0.15) is 0 Å². The largest absolute Gasteiger partial charge is 0.481 e. The Kier molecular flexibility index (Phi) is 4.54. The zero-order valence-electron chi connectivity index (χ0n) is 10.8. The number of aliphatic carboxylic acids is 1. The average Bonchev–Trinajstić information content (AvgIpc) is 2.83. The fourth-order valence-electron chi connectivity index (χ4n) is 3.04. The van der Waals surface area contributed by atoms with Crippen LogP contribution in [0.4, 0.5) is 0 Å². The Morgan fingerprint density at radius 1 is 1.22 bits per heavy atom. The molecule has 0 spiro atoms. The van der Waals surface area contributed by atoms with Crippen molar-refractivity contribution in [2.75, 3.05) is 24.6 Å². The van der Waals surface area contributed by atoms with Crippen LogP contribution >= 0.6 is 11.8 Å². The maximum atomic E-state index is 12.4. The minimum atomic E-state index is -0.796. The first kappa shape index (κ1) is 13.7. The highest BCUT2D eigenvalue weighted by Crippen LogP contribution is 2.39. The number of nitrogens with zero attached hydrogens (tertiary/aromatic N) is 1. The Hall–Kier alpha value is -0.710. The number of carboxylic acid groups (broad SMARTS) is 1. The van der Waals surface area contributed by atoms with Gasteiger partial charge in [0.25, 0.3) is 0 Å². The van der Waals surface area contributed by atoms with Gasteiger partial charge in [-0.3, -0.25) is 9.59 Å². The van der Waals surface area contributed by atoms with Crippen molar-refractivity contribution < 1.29 is 14.7 Å².